The van der Waals surface area contributed by atoms with Crippen LogP contribution in [0.5, 0.6) is 0 Å². The minimum absolute atomic E-state index is 0.0504. The second-order valence-corrected chi connectivity index (χ2v) is 9.76. The highest BCUT2D eigenvalue weighted by Crippen LogP contribution is 2.48. The average molecular weight is 422 g/mol. The molecule has 27 heavy (non-hydrogen) atoms. The van der Waals surface area contributed by atoms with Crippen molar-refractivity contribution in [2.45, 2.75) is 52.7 Å². The number of esters is 1. The third kappa shape index (κ3) is 7.57. The summed E-state index contributed by atoms with van der Waals surface area (Å²) >= 11 is 1.09. The summed E-state index contributed by atoms with van der Waals surface area (Å²) in [4.78, 5) is 28.1. The number of aromatic nitrogens is 1. The molecular formula is C16H27N2O7PS. The molecule has 1 atom stereocenters. The fraction of sp³-hybridized carbons (Fsp3) is 0.688. The standard InChI is InChI=1S/C16H27N2O7PS/c1-7-23-26(21,24-8-2)13-10-17-12(27-13)9-11(14(19)22-6)18-15(20)25-16(3,4)5/h10-11H,7-9H2,1-6H3,(H,18,20). The van der Waals surface area contributed by atoms with E-state index in [4.69, 9.17) is 18.5 Å². The number of thiazole rings is 1. The van der Waals surface area contributed by atoms with Crippen molar-refractivity contribution in [3.8, 4) is 0 Å². The van der Waals surface area contributed by atoms with E-state index in [1.807, 2.05) is 0 Å². The van der Waals surface area contributed by atoms with Gasteiger partial charge in [-0.3, -0.25) is 4.57 Å². The van der Waals surface area contributed by atoms with Gasteiger partial charge in [0, 0.05) is 6.42 Å². The van der Waals surface area contributed by atoms with Gasteiger partial charge in [-0.25, -0.2) is 14.6 Å². The van der Waals surface area contributed by atoms with Crippen LogP contribution in [-0.4, -0.2) is 49.0 Å². The molecular weight excluding hydrogens is 395 g/mol. The highest BCUT2D eigenvalue weighted by atomic mass is 32.1. The lowest BCUT2D eigenvalue weighted by Gasteiger charge is -2.22. The first-order valence-corrected chi connectivity index (χ1v) is 10.8. The largest absolute Gasteiger partial charge is 0.467 e. The minimum atomic E-state index is -3.45. The number of hydrogen-bond acceptors (Lipinski definition) is 9. The van der Waals surface area contributed by atoms with E-state index < -0.39 is 31.3 Å². The van der Waals surface area contributed by atoms with Crippen molar-refractivity contribution in [3.05, 3.63) is 11.2 Å². The molecule has 0 aliphatic rings. The molecule has 1 unspecified atom stereocenters. The predicted octanol–water partition coefficient (Wildman–Crippen LogP) is 2.64. The van der Waals surface area contributed by atoms with Crippen LogP contribution in [0, 0.1) is 0 Å². The fourth-order valence-corrected chi connectivity index (χ4v) is 4.98. The van der Waals surface area contributed by atoms with E-state index in [2.05, 4.69) is 10.3 Å². The van der Waals surface area contributed by atoms with E-state index in [0.717, 1.165) is 11.3 Å². The normalized spacial score (nSPS) is 13.1. The fourth-order valence-electron chi connectivity index (χ4n) is 1.99. The molecule has 0 radical (unpaired) electrons. The maximum absolute atomic E-state index is 12.8. The number of hydrogen-bond donors (Lipinski definition) is 1. The van der Waals surface area contributed by atoms with E-state index in [-0.39, 0.29) is 19.6 Å². The number of nitrogens with zero attached hydrogens (tertiary/aromatic N) is 1. The molecule has 0 aromatic carbocycles. The Labute approximate surface area is 163 Å². The molecule has 1 aromatic heterocycles. The van der Waals surface area contributed by atoms with Gasteiger partial charge in [0.25, 0.3) is 0 Å². The molecule has 1 aromatic rings. The molecule has 0 fully saturated rings. The molecule has 1 rings (SSSR count). The van der Waals surface area contributed by atoms with Gasteiger partial charge in [0.1, 0.15) is 16.3 Å². The SMILES string of the molecule is CCOP(=O)(OCC)c1cnc(CC(NC(=O)OC(C)(C)C)C(=O)OC)s1. The van der Waals surface area contributed by atoms with Crippen molar-refractivity contribution in [1.82, 2.24) is 10.3 Å². The summed E-state index contributed by atoms with van der Waals surface area (Å²) in [7, 11) is -2.23. The summed E-state index contributed by atoms with van der Waals surface area (Å²) in [5.41, 5.74) is -0.708. The van der Waals surface area contributed by atoms with Gasteiger partial charge in [-0.1, -0.05) is 0 Å². The zero-order valence-corrected chi connectivity index (χ0v) is 18.1. The first kappa shape index (κ1) is 23.6. The van der Waals surface area contributed by atoms with Crippen LogP contribution in [0.15, 0.2) is 6.20 Å². The van der Waals surface area contributed by atoms with Gasteiger partial charge in [-0.2, -0.15) is 0 Å². The van der Waals surface area contributed by atoms with Gasteiger partial charge in [0.05, 0.1) is 31.5 Å². The Hall–Kier alpha value is -1.48. The Morgan fingerprint density at radius 1 is 1.26 bits per heavy atom. The Morgan fingerprint density at radius 2 is 1.85 bits per heavy atom. The molecule has 154 valence electrons. The monoisotopic (exact) mass is 422 g/mol. The van der Waals surface area contributed by atoms with Gasteiger partial charge in [-0.05, 0) is 34.6 Å². The summed E-state index contributed by atoms with van der Waals surface area (Å²) < 4.78 is 33.6. The topological polar surface area (TPSA) is 113 Å². The molecule has 11 heteroatoms. The summed E-state index contributed by atoms with van der Waals surface area (Å²) in [6.07, 6.45) is 0.701. The highest BCUT2D eigenvalue weighted by Gasteiger charge is 2.31. The second kappa shape index (κ2) is 10.2. The average Bonchev–Trinajstić information content (AvgIpc) is 3.01. The Kier molecular flexibility index (Phi) is 8.87. The lowest BCUT2D eigenvalue weighted by molar-refractivity contribution is -0.143. The van der Waals surface area contributed by atoms with Gasteiger partial charge in [0.2, 0.25) is 0 Å². The number of alkyl carbamates (subject to hydrolysis) is 1. The second-order valence-electron chi connectivity index (χ2n) is 6.35. The van der Waals surface area contributed by atoms with Crippen LogP contribution in [0.25, 0.3) is 0 Å². The van der Waals surface area contributed by atoms with Crippen LogP contribution in [-0.2, 0) is 34.3 Å². The molecule has 1 N–H and O–H groups in total. The summed E-state index contributed by atoms with van der Waals surface area (Å²) in [6, 6.07) is -0.998. The van der Waals surface area contributed by atoms with Crippen LogP contribution < -0.4 is 9.94 Å². The highest BCUT2D eigenvalue weighted by molar-refractivity contribution is 7.68. The van der Waals surface area contributed by atoms with Crippen molar-refractivity contribution < 1.29 is 32.7 Å². The molecule has 0 aliphatic heterocycles. The lowest BCUT2D eigenvalue weighted by Crippen LogP contribution is -2.45. The molecule has 1 heterocycles. The van der Waals surface area contributed by atoms with E-state index in [1.54, 1.807) is 34.6 Å². The molecule has 0 saturated heterocycles. The van der Waals surface area contributed by atoms with Crippen LogP contribution >= 0.6 is 18.9 Å². The summed E-state index contributed by atoms with van der Waals surface area (Å²) in [5.74, 6) is -0.643. The van der Waals surface area contributed by atoms with Crippen molar-refractivity contribution in [1.29, 1.82) is 0 Å². The lowest BCUT2D eigenvalue weighted by atomic mass is 10.2. The van der Waals surface area contributed by atoms with Crippen molar-refractivity contribution in [3.63, 3.8) is 0 Å². The Bertz CT molecular complexity index is 677. The molecule has 0 saturated carbocycles. The quantitative estimate of drug-likeness (QED) is 0.477. The molecule has 1 amide bonds. The summed E-state index contributed by atoms with van der Waals surface area (Å²) in [5, 5.41) is 2.94. The molecule has 0 aliphatic carbocycles. The van der Waals surface area contributed by atoms with Crippen molar-refractivity contribution in [2.75, 3.05) is 20.3 Å². The number of methoxy groups -OCH3 is 1. The predicted molar refractivity (Wildman–Crippen MR) is 101 cm³/mol. The van der Waals surface area contributed by atoms with Crippen LogP contribution in [0.3, 0.4) is 0 Å². The van der Waals surface area contributed by atoms with Gasteiger partial charge < -0.3 is 23.8 Å². The first-order valence-electron chi connectivity index (χ1n) is 8.46. The Morgan fingerprint density at radius 3 is 2.33 bits per heavy atom. The number of carbonyl (C=O) groups is 2. The summed E-state index contributed by atoms with van der Waals surface area (Å²) in [6.45, 7) is 9.01. The number of rotatable bonds is 9. The Balaban J connectivity index is 2.94. The third-order valence-electron chi connectivity index (χ3n) is 2.96. The molecule has 9 nitrogen and oxygen atoms in total. The van der Waals surface area contributed by atoms with Crippen LogP contribution in [0.1, 0.15) is 39.6 Å². The van der Waals surface area contributed by atoms with Gasteiger partial charge in [0.15, 0.2) is 0 Å². The number of ether oxygens (including phenoxy) is 2. The first-order chi connectivity index (χ1) is 12.5. The van der Waals surface area contributed by atoms with Gasteiger partial charge >= 0.3 is 19.7 Å². The van der Waals surface area contributed by atoms with Gasteiger partial charge in [-0.15, -0.1) is 11.3 Å². The third-order valence-corrected chi connectivity index (χ3v) is 6.58. The number of amides is 1. The van der Waals surface area contributed by atoms with Crippen molar-refractivity contribution in [2.24, 2.45) is 0 Å². The van der Waals surface area contributed by atoms with Crippen LogP contribution in [0.4, 0.5) is 4.79 Å². The zero-order valence-electron chi connectivity index (χ0n) is 16.4. The van der Waals surface area contributed by atoms with E-state index in [1.165, 1.54) is 13.3 Å². The van der Waals surface area contributed by atoms with E-state index in [9.17, 15) is 14.2 Å². The molecule has 0 bridgehead atoms. The number of nitrogens with one attached hydrogen (secondary N) is 1. The maximum Gasteiger partial charge on any atom is 0.408 e. The van der Waals surface area contributed by atoms with Crippen molar-refractivity contribution >= 4 is 35.6 Å². The van der Waals surface area contributed by atoms with Crippen LogP contribution in [0.2, 0.25) is 0 Å². The molecule has 0 spiro atoms. The minimum Gasteiger partial charge on any atom is -0.467 e. The zero-order chi connectivity index (χ0) is 20.7. The van der Waals surface area contributed by atoms with E-state index >= 15 is 0 Å². The maximum atomic E-state index is 12.8. The number of carbonyl (C=O) groups excluding carboxylic acids is 2. The smallest absolute Gasteiger partial charge is 0.408 e. The van der Waals surface area contributed by atoms with E-state index in [0.29, 0.717) is 9.63 Å².